The summed E-state index contributed by atoms with van der Waals surface area (Å²) in [5.74, 6) is 0.703. The Bertz CT molecular complexity index is 704. The molecule has 0 aromatic heterocycles. The van der Waals surface area contributed by atoms with Crippen molar-refractivity contribution in [3.05, 3.63) is 63.9 Å². The molecule has 1 aliphatic heterocycles. The summed E-state index contributed by atoms with van der Waals surface area (Å²) in [4.78, 5) is 2.50. The molecule has 0 radical (unpaired) electrons. The van der Waals surface area contributed by atoms with Gasteiger partial charge in [-0.3, -0.25) is 4.90 Å². The molecule has 2 aromatic carbocycles. The van der Waals surface area contributed by atoms with Crippen LogP contribution < -0.4 is 10.1 Å². The van der Waals surface area contributed by atoms with Crippen LogP contribution in [0.15, 0.2) is 46.9 Å². The van der Waals surface area contributed by atoms with E-state index in [-0.39, 0.29) is 11.9 Å². The third-order valence-corrected chi connectivity index (χ3v) is 5.21. The number of benzene rings is 2. The van der Waals surface area contributed by atoms with Gasteiger partial charge in [0.1, 0.15) is 11.6 Å². The zero-order chi connectivity index (χ0) is 17.6. The lowest BCUT2D eigenvalue weighted by Gasteiger charge is -2.28. The molecule has 1 N–H and O–H groups in total. The van der Waals surface area contributed by atoms with Gasteiger partial charge in [0.15, 0.2) is 0 Å². The average molecular weight is 407 g/mol. The molecule has 1 heterocycles. The van der Waals surface area contributed by atoms with Gasteiger partial charge >= 0.3 is 0 Å². The Morgan fingerprint density at radius 2 is 2.00 bits per heavy atom. The molecule has 1 unspecified atom stereocenters. The van der Waals surface area contributed by atoms with Crippen molar-refractivity contribution in [1.82, 2.24) is 10.2 Å². The monoisotopic (exact) mass is 406 g/mol. The normalized spacial score (nSPS) is 16.1. The second-order valence-electron chi connectivity index (χ2n) is 6.40. The van der Waals surface area contributed by atoms with Gasteiger partial charge in [0.25, 0.3) is 0 Å². The summed E-state index contributed by atoms with van der Waals surface area (Å²) in [7, 11) is 1.69. The van der Waals surface area contributed by atoms with E-state index >= 15 is 0 Å². The summed E-state index contributed by atoms with van der Waals surface area (Å²) >= 11 is 3.41. The Kier molecular flexibility index (Phi) is 6.45. The third-order valence-electron chi connectivity index (χ3n) is 4.72. The lowest BCUT2D eigenvalue weighted by molar-refractivity contribution is 0.237. The maximum absolute atomic E-state index is 13.9. The van der Waals surface area contributed by atoms with Crippen molar-refractivity contribution in [3.63, 3.8) is 0 Å². The number of halogens is 2. The summed E-state index contributed by atoms with van der Waals surface area (Å²) in [6.07, 6.45) is 2.47. The van der Waals surface area contributed by atoms with Crippen LogP contribution in [0.25, 0.3) is 0 Å². The molecule has 3 rings (SSSR count). The molecule has 3 nitrogen and oxygen atoms in total. The molecule has 0 saturated carbocycles. The summed E-state index contributed by atoms with van der Waals surface area (Å²) in [5, 5.41) is 3.44. The Hall–Kier alpha value is -1.43. The molecule has 25 heavy (non-hydrogen) atoms. The minimum absolute atomic E-state index is 0.171. The van der Waals surface area contributed by atoms with E-state index in [1.807, 2.05) is 18.2 Å². The van der Waals surface area contributed by atoms with Crippen LogP contribution in [0.2, 0.25) is 0 Å². The maximum atomic E-state index is 13.9. The van der Waals surface area contributed by atoms with Gasteiger partial charge in [-0.05, 0) is 61.8 Å². The fraction of sp³-hybridized carbons (Fsp3) is 0.400. The molecule has 5 heteroatoms. The van der Waals surface area contributed by atoms with E-state index in [4.69, 9.17) is 4.74 Å². The van der Waals surface area contributed by atoms with E-state index in [1.54, 1.807) is 13.2 Å². The Morgan fingerprint density at radius 1 is 1.20 bits per heavy atom. The van der Waals surface area contributed by atoms with Crippen molar-refractivity contribution in [1.29, 1.82) is 0 Å². The summed E-state index contributed by atoms with van der Waals surface area (Å²) in [5.41, 5.74) is 1.92. The molecule has 0 bridgehead atoms. The maximum Gasteiger partial charge on any atom is 0.127 e. The van der Waals surface area contributed by atoms with Crippen LogP contribution in [0.3, 0.4) is 0 Å². The topological polar surface area (TPSA) is 24.5 Å². The van der Waals surface area contributed by atoms with E-state index in [2.05, 4.69) is 38.3 Å². The first kappa shape index (κ1) is 18.4. The molecule has 1 aliphatic rings. The first-order valence-electron chi connectivity index (χ1n) is 8.70. The molecular weight excluding hydrogens is 383 g/mol. The average Bonchev–Trinajstić information content (AvgIpc) is 3.16. The number of methoxy groups -OCH3 is 1. The first-order chi connectivity index (χ1) is 12.2. The highest BCUT2D eigenvalue weighted by molar-refractivity contribution is 9.10. The second-order valence-corrected chi connectivity index (χ2v) is 7.32. The van der Waals surface area contributed by atoms with Crippen molar-refractivity contribution in [2.75, 3.05) is 26.7 Å². The molecule has 0 amide bonds. The van der Waals surface area contributed by atoms with Crippen LogP contribution in [0.5, 0.6) is 5.75 Å². The summed E-state index contributed by atoms with van der Waals surface area (Å²) in [6.45, 7) is 3.50. The zero-order valence-electron chi connectivity index (χ0n) is 14.5. The molecule has 1 atom stereocenters. The van der Waals surface area contributed by atoms with Gasteiger partial charge in [0.2, 0.25) is 0 Å². The molecular formula is C20H24BrFN2O. The predicted molar refractivity (Wildman–Crippen MR) is 102 cm³/mol. The number of ether oxygens (including phenoxy) is 1. The number of likely N-dealkylation sites (tertiary alicyclic amines) is 1. The van der Waals surface area contributed by atoms with Crippen LogP contribution in [0.4, 0.5) is 4.39 Å². The fourth-order valence-corrected chi connectivity index (χ4v) is 3.79. The van der Waals surface area contributed by atoms with Crippen LogP contribution in [0, 0.1) is 5.82 Å². The number of hydrogen-bond donors (Lipinski definition) is 1. The number of rotatable bonds is 7. The van der Waals surface area contributed by atoms with E-state index in [0.717, 1.165) is 29.9 Å². The molecule has 2 aromatic rings. The van der Waals surface area contributed by atoms with Crippen LogP contribution in [-0.2, 0) is 6.54 Å². The smallest absolute Gasteiger partial charge is 0.127 e. The van der Waals surface area contributed by atoms with Crippen molar-refractivity contribution in [3.8, 4) is 5.75 Å². The standard InChI is InChI=1S/C20H24BrFN2O/c1-25-18-6-4-5-15(12-18)20(24-9-2-3-10-24)14-23-13-16-11-17(21)7-8-19(16)22/h4-8,11-12,20,23H,2-3,9-10,13-14H2,1H3. The Labute approximate surface area is 157 Å². The van der Waals surface area contributed by atoms with E-state index in [9.17, 15) is 4.39 Å². The van der Waals surface area contributed by atoms with Gasteiger partial charge in [-0.25, -0.2) is 4.39 Å². The SMILES string of the molecule is COc1cccc(C(CNCc2cc(Br)ccc2F)N2CCCC2)c1. The quantitative estimate of drug-likeness (QED) is 0.730. The first-order valence-corrected chi connectivity index (χ1v) is 9.49. The number of nitrogens with one attached hydrogen (secondary N) is 1. The minimum Gasteiger partial charge on any atom is -0.497 e. The van der Waals surface area contributed by atoms with E-state index in [1.165, 1.54) is 24.5 Å². The molecule has 0 spiro atoms. The molecule has 0 aliphatic carbocycles. The van der Waals surface area contributed by atoms with Crippen molar-refractivity contribution in [2.45, 2.75) is 25.4 Å². The van der Waals surface area contributed by atoms with Gasteiger partial charge in [0, 0.05) is 29.2 Å². The van der Waals surface area contributed by atoms with Crippen LogP contribution in [0.1, 0.15) is 30.0 Å². The largest absolute Gasteiger partial charge is 0.497 e. The molecule has 1 saturated heterocycles. The molecule has 134 valence electrons. The van der Waals surface area contributed by atoms with Crippen molar-refractivity contribution in [2.24, 2.45) is 0 Å². The van der Waals surface area contributed by atoms with Crippen molar-refractivity contribution < 1.29 is 9.13 Å². The van der Waals surface area contributed by atoms with Gasteiger partial charge in [-0.2, -0.15) is 0 Å². The minimum atomic E-state index is -0.171. The highest BCUT2D eigenvalue weighted by Crippen LogP contribution is 2.27. The third kappa shape index (κ3) is 4.81. The number of nitrogens with zero attached hydrogens (tertiary/aromatic N) is 1. The lowest BCUT2D eigenvalue weighted by Crippen LogP contribution is -2.34. The lowest BCUT2D eigenvalue weighted by atomic mass is 10.0. The van der Waals surface area contributed by atoms with E-state index in [0.29, 0.717) is 12.1 Å². The number of hydrogen-bond acceptors (Lipinski definition) is 3. The highest BCUT2D eigenvalue weighted by atomic mass is 79.9. The summed E-state index contributed by atoms with van der Waals surface area (Å²) in [6, 6.07) is 13.6. The van der Waals surface area contributed by atoms with E-state index < -0.39 is 0 Å². The fourth-order valence-electron chi connectivity index (χ4n) is 3.38. The van der Waals surface area contributed by atoms with Crippen molar-refractivity contribution >= 4 is 15.9 Å². The zero-order valence-corrected chi connectivity index (χ0v) is 16.1. The highest BCUT2D eigenvalue weighted by Gasteiger charge is 2.23. The van der Waals surface area contributed by atoms with Crippen LogP contribution >= 0.6 is 15.9 Å². The second kappa shape index (κ2) is 8.79. The van der Waals surface area contributed by atoms with Crippen LogP contribution in [-0.4, -0.2) is 31.6 Å². The predicted octanol–water partition coefficient (Wildman–Crippen LogP) is 4.52. The molecule has 1 fully saturated rings. The van der Waals surface area contributed by atoms with Gasteiger partial charge in [-0.1, -0.05) is 28.1 Å². The van der Waals surface area contributed by atoms with Gasteiger partial charge in [0.05, 0.1) is 7.11 Å². The van der Waals surface area contributed by atoms with Gasteiger partial charge < -0.3 is 10.1 Å². The Balaban J connectivity index is 1.70. The summed E-state index contributed by atoms with van der Waals surface area (Å²) < 4.78 is 20.2. The van der Waals surface area contributed by atoms with Gasteiger partial charge in [-0.15, -0.1) is 0 Å². The Morgan fingerprint density at radius 3 is 2.76 bits per heavy atom.